The van der Waals surface area contributed by atoms with Crippen molar-refractivity contribution in [3.8, 4) is 5.75 Å². The van der Waals surface area contributed by atoms with Crippen LogP contribution in [-0.4, -0.2) is 93.0 Å². The minimum absolute atomic E-state index is 0.0535. The number of carbonyl (C=O) groups is 4. The number of hydrogen-bond acceptors (Lipinski definition) is 8. The Morgan fingerprint density at radius 2 is 1.64 bits per heavy atom. The first-order valence-corrected chi connectivity index (χ1v) is 18.6. The standard InChI is InChI=1S/C42H48N8O5/c1-30-10-7-14-33(26-30)50(42(43)54)40-41(53)49(36-17-6-5-16-35(36)39(47-40)32-12-3-2-4-13-32)29-38(52)46-20-18-37(51)45-19-9-25-55-34-15-8-11-31(27-34)28-48-23-21-44-22-24-48/h2-8,10-17,26-27,40,44H,9,18-25,28-29H2,1H3,(H2,43,54)(H,45,51)(H,46,52). The predicted molar refractivity (Wildman–Crippen MR) is 213 cm³/mol. The number of benzene rings is 4. The number of aliphatic imine (C=N–C) groups is 1. The third-order valence-corrected chi connectivity index (χ3v) is 9.40. The molecule has 4 aromatic rings. The van der Waals surface area contributed by atoms with Crippen LogP contribution >= 0.6 is 0 Å². The first kappa shape index (κ1) is 38.7. The number of primary amides is 1. The normalized spacial score (nSPS) is 15.7. The number of ether oxygens (including phenoxy) is 1. The number of anilines is 2. The molecule has 1 saturated heterocycles. The fourth-order valence-electron chi connectivity index (χ4n) is 6.69. The molecule has 6 rings (SSSR count). The summed E-state index contributed by atoms with van der Waals surface area (Å²) in [4.78, 5) is 63.3. The average Bonchev–Trinajstić information content (AvgIpc) is 3.30. The molecule has 55 heavy (non-hydrogen) atoms. The number of piperazine rings is 1. The third-order valence-electron chi connectivity index (χ3n) is 9.40. The van der Waals surface area contributed by atoms with E-state index in [9.17, 15) is 19.2 Å². The van der Waals surface area contributed by atoms with Crippen LogP contribution < -0.4 is 36.2 Å². The summed E-state index contributed by atoms with van der Waals surface area (Å²) in [5.74, 6) is -0.503. The van der Waals surface area contributed by atoms with Gasteiger partial charge in [-0.05, 0) is 54.8 Å². The topological polar surface area (TPSA) is 162 Å². The number of carbonyl (C=O) groups excluding carboxylic acids is 4. The number of rotatable bonds is 15. The van der Waals surface area contributed by atoms with E-state index >= 15 is 0 Å². The highest BCUT2D eigenvalue weighted by Gasteiger charge is 2.38. The molecule has 13 nitrogen and oxygen atoms in total. The van der Waals surface area contributed by atoms with Gasteiger partial charge in [0.15, 0.2) is 0 Å². The van der Waals surface area contributed by atoms with Crippen LogP contribution in [0.25, 0.3) is 0 Å². The second-order valence-corrected chi connectivity index (χ2v) is 13.5. The van der Waals surface area contributed by atoms with Gasteiger partial charge >= 0.3 is 6.03 Å². The van der Waals surface area contributed by atoms with Crippen LogP contribution in [0.2, 0.25) is 0 Å². The molecule has 0 aromatic heterocycles. The fraction of sp³-hybridized carbons (Fsp3) is 0.310. The minimum Gasteiger partial charge on any atom is -0.494 e. The van der Waals surface area contributed by atoms with Crippen molar-refractivity contribution in [2.75, 3.05) is 62.2 Å². The van der Waals surface area contributed by atoms with Crippen molar-refractivity contribution in [1.29, 1.82) is 0 Å². The fourth-order valence-corrected chi connectivity index (χ4v) is 6.69. The van der Waals surface area contributed by atoms with Crippen LogP contribution in [0, 0.1) is 6.92 Å². The number of aryl methyl sites for hydroxylation is 1. The van der Waals surface area contributed by atoms with Gasteiger partial charge < -0.3 is 26.4 Å². The first-order chi connectivity index (χ1) is 26.8. The number of benzodiazepines with no additional fused rings is 1. The summed E-state index contributed by atoms with van der Waals surface area (Å²) in [6.45, 7) is 7.38. The highest BCUT2D eigenvalue weighted by atomic mass is 16.5. The molecule has 0 spiro atoms. The number of urea groups is 1. The lowest BCUT2D eigenvalue weighted by Gasteiger charge is -2.30. The summed E-state index contributed by atoms with van der Waals surface area (Å²) >= 11 is 0. The lowest BCUT2D eigenvalue weighted by Crippen LogP contribution is -2.53. The number of nitrogens with two attached hydrogens (primary N) is 1. The Hall–Kier alpha value is -6.05. The van der Waals surface area contributed by atoms with Gasteiger partial charge in [0.05, 0.1) is 18.0 Å². The molecule has 13 heteroatoms. The largest absolute Gasteiger partial charge is 0.494 e. The molecule has 5 N–H and O–H groups in total. The summed E-state index contributed by atoms with van der Waals surface area (Å²) in [7, 11) is 0. The molecule has 0 saturated carbocycles. The lowest BCUT2D eigenvalue weighted by molar-refractivity contribution is -0.124. The number of nitrogens with zero attached hydrogens (tertiary/aromatic N) is 4. The molecule has 0 bridgehead atoms. The monoisotopic (exact) mass is 744 g/mol. The molecule has 2 heterocycles. The second-order valence-electron chi connectivity index (χ2n) is 13.5. The van der Waals surface area contributed by atoms with Gasteiger partial charge in [-0.1, -0.05) is 72.8 Å². The maximum absolute atomic E-state index is 14.5. The van der Waals surface area contributed by atoms with Crippen LogP contribution in [0.4, 0.5) is 16.2 Å². The number of amides is 5. The molecule has 5 amide bonds. The van der Waals surface area contributed by atoms with Crippen LogP contribution in [0.15, 0.2) is 108 Å². The number of para-hydroxylation sites is 1. The molecule has 2 aliphatic rings. The molecule has 286 valence electrons. The van der Waals surface area contributed by atoms with Crippen LogP contribution in [0.1, 0.15) is 35.1 Å². The Bertz CT molecular complexity index is 2000. The van der Waals surface area contributed by atoms with E-state index < -0.39 is 24.0 Å². The summed E-state index contributed by atoms with van der Waals surface area (Å²) < 4.78 is 5.93. The zero-order valence-electron chi connectivity index (χ0n) is 31.1. The molecule has 2 aliphatic heterocycles. The van der Waals surface area contributed by atoms with Gasteiger partial charge in [-0.15, -0.1) is 0 Å². The summed E-state index contributed by atoms with van der Waals surface area (Å²) in [6, 6.07) is 30.8. The van der Waals surface area contributed by atoms with E-state index in [-0.39, 0.29) is 25.4 Å². The van der Waals surface area contributed by atoms with Gasteiger partial charge in [-0.2, -0.15) is 0 Å². The minimum atomic E-state index is -1.41. The van der Waals surface area contributed by atoms with Crippen molar-refractivity contribution in [3.05, 3.63) is 125 Å². The highest BCUT2D eigenvalue weighted by Crippen LogP contribution is 2.31. The Morgan fingerprint density at radius 3 is 2.42 bits per heavy atom. The SMILES string of the molecule is Cc1cccc(N(C(N)=O)C2N=C(c3ccccc3)c3ccccc3N(CC(=O)NCCC(=O)NCCCOc3cccc(CN4CCNCC4)c3)C2=O)c1. The van der Waals surface area contributed by atoms with E-state index in [1.165, 1.54) is 10.5 Å². The van der Waals surface area contributed by atoms with Crippen molar-refractivity contribution < 1.29 is 23.9 Å². The number of hydrogen-bond donors (Lipinski definition) is 4. The Labute approximate surface area is 321 Å². The first-order valence-electron chi connectivity index (χ1n) is 18.6. The van der Waals surface area contributed by atoms with E-state index in [4.69, 9.17) is 15.5 Å². The van der Waals surface area contributed by atoms with Crippen molar-refractivity contribution in [3.63, 3.8) is 0 Å². The van der Waals surface area contributed by atoms with E-state index in [0.29, 0.717) is 42.2 Å². The second kappa shape index (κ2) is 18.8. The van der Waals surface area contributed by atoms with E-state index in [2.05, 4.69) is 33.0 Å². The molecule has 1 atom stereocenters. The summed E-state index contributed by atoms with van der Waals surface area (Å²) in [6.07, 6.45) is -0.737. The summed E-state index contributed by atoms with van der Waals surface area (Å²) in [5, 5.41) is 9.02. The van der Waals surface area contributed by atoms with E-state index in [1.807, 2.05) is 67.6 Å². The van der Waals surface area contributed by atoms with Crippen LogP contribution in [0.3, 0.4) is 0 Å². The lowest BCUT2D eigenvalue weighted by atomic mass is 10.0. The van der Waals surface area contributed by atoms with Crippen molar-refractivity contribution in [2.45, 2.75) is 32.5 Å². The Balaban J connectivity index is 1.05. The molecule has 0 aliphatic carbocycles. The Kier molecular flexibility index (Phi) is 13.2. The quantitative estimate of drug-likeness (QED) is 0.135. The van der Waals surface area contributed by atoms with Crippen molar-refractivity contribution in [2.24, 2.45) is 10.7 Å². The zero-order chi connectivity index (χ0) is 38.6. The van der Waals surface area contributed by atoms with E-state index in [1.54, 1.807) is 30.3 Å². The molecule has 0 radical (unpaired) electrons. The van der Waals surface area contributed by atoms with Gasteiger partial charge in [0.1, 0.15) is 12.3 Å². The van der Waals surface area contributed by atoms with Crippen LogP contribution in [0.5, 0.6) is 5.75 Å². The van der Waals surface area contributed by atoms with Crippen molar-refractivity contribution in [1.82, 2.24) is 20.9 Å². The molecular formula is C42H48N8O5. The molecule has 1 unspecified atom stereocenters. The van der Waals surface area contributed by atoms with Gasteiger partial charge in [0, 0.05) is 69.0 Å². The van der Waals surface area contributed by atoms with Gasteiger partial charge in [0.25, 0.3) is 5.91 Å². The van der Waals surface area contributed by atoms with Crippen molar-refractivity contribution >= 4 is 40.8 Å². The van der Waals surface area contributed by atoms with Gasteiger partial charge in [-0.25, -0.2) is 9.79 Å². The van der Waals surface area contributed by atoms with Crippen LogP contribution in [-0.2, 0) is 20.9 Å². The highest BCUT2D eigenvalue weighted by molar-refractivity contribution is 6.21. The summed E-state index contributed by atoms with van der Waals surface area (Å²) in [5.41, 5.74) is 10.6. The maximum Gasteiger partial charge on any atom is 0.321 e. The Morgan fingerprint density at radius 1 is 0.891 bits per heavy atom. The molecule has 1 fully saturated rings. The van der Waals surface area contributed by atoms with E-state index in [0.717, 1.165) is 54.5 Å². The zero-order valence-corrected chi connectivity index (χ0v) is 31.1. The molecular weight excluding hydrogens is 697 g/mol. The van der Waals surface area contributed by atoms with Gasteiger partial charge in [0.2, 0.25) is 18.0 Å². The average molecular weight is 745 g/mol. The number of fused-ring (bicyclic) bond motifs is 1. The van der Waals surface area contributed by atoms with Gasteiger partial charge in [-0.3, -0.25) is 29.1 Å². The smallest absolute Gasteiger partial charge is 0.321 e. The maximum atomic E-state index is 14.5. The third kappa shape index (κ3) is 10.3. The predicted octanol–water partition coefficient (Wildman–Crippen LogP) is 3.59. The molecule has 4 aromatic carbocycles. The number of nitrogens with one attached hydrogen (secondary N) is 3.